The molecular weight excluding hydrogens is 649 g/mol. The Morgan fingerprint density at radius 2 is 1.21 bits per heavy atom. The quantitative estimate of drug-likeness (QED) is 0.184. The van der Waals surface area contributed by atoms with Crippen molar-refractivity contribution in [2.75, 3.05) is 0 Å². The first-order valence-electron chi connectivity index (χ1n) is 24.7. The minimum Gasteiger partial charge on any atom is -0.456 e. The van der Waals surface area contributed by atoms with Crippen LogP contribution in [0, 0.1) is 0 Å². The van der Waals surface area contributed by atoms with Gasteiger partial charge in [0.2, 0.25) is 0 Å². The van der Waals surface area contributed by atoms with Crippen molar-refractivity contribution in [1.29, 1.82) is 0 Å². The van der Waals surface area contributed by atoms with E-state index in [-0.39, 0.29) is 89.5 Å². The van der Waals surface area contributed by atoms with Gasteiger partial charge in [0.25, 0.3) is 0 Å². The van der Waals surface area contributed by atoms with E-state index in [9.17, 15) is 11.0 Å². The molecule has 53 heavy (non-hydrogen) atoms. The van der Waals surface area contributed by atoms with Gasteiger partial charge < -0.3 is 8.98 Å². The van der Waals surface area contributed by atoms with Crippen molar-refractivity contribution in [3.63, 3.8) is 0 Å². The fourth-order valence-electron chi connectivity index (χ4n) is 7.22. The number of aromatic nitrogens is 4. The van der Waals surface area contributed by atoms with Crippen molar-refractivity contribution in [2.24, 2.45) is 0 Å². The number of furan rings is 1. The molecule has 3 aromatic heterocycles. The van der Waals surface area contributed by atoms with Gasteiger partial charge in [0.15, 0.2) is 17.5 Å². The van der Waals surface area contributed by atoms with Crippen LogP contribution in [-0.2, 0) is 5.41 Å². The lowest BCUT2D eigenvalue weighted by Crippen LogP contribution is -2.14. The average Bonchev–Trinajstić information content (AvgIpc) is 3.99. The van der Waals surface area contributed by atoms with E-state index in [0.29, 0.717) is 11.1 Å². The molecule has 0 N–H and O–H groups in total. The third-order valence-corrected chi connectivity index (χ3v) is 9.74. The Bertz CT molecular complexity index is 3940. The van der Waals surface area contributed by atoms with Gasteiger partial charge in [-0.3, -0.25) is 0 Å². The second-order valence-electron chi connectivity index (χ2n) is 13.2. The summed E-state index contributed by atoms with van der Waals surface area (Å²) < 4.78 is 154. The first-order chi connectivity index (χ1) is 32.7. The molecule has 0 saturated heterocycles. The van der Waals surface area contributed by atoms with Gasteiger partial charge in [0.1, 0.15) is 11.2 Å². The first-order valence-corrected chi connectivity index (χ1v) is 16.7. The third-order valence-electron chi connectivity index (χ3n) is 9.74. The van der Waals surface area contributed by atoms with Crippen molar-refractivity contribution < 1.29 is 26.3 Å². The standard InChI is InChI=1S/C48H32N4O/c1-48(2)38-21-11-9-18-32(38)36-27-37-33-19-10-12-22-40(33)52(41(37)28-39(36)48)31-24-25-34-43(26-31)53-42-23-13-20-35(44(34)42)47-50-45(29-14-5-3-6-15-29)49-46(51-47)30-16-7-4-8-17-30/h3-28H,1-2H3/i9D,10D,11D,12D,13D,18D,19D,20D,21D,22D,23D,24D,25D,26D,27D,28D. The monoisotopic (exact) mass is 696 g/mol. The lowest BCUT2D eigenvalue weighted by Gasteiger charge is -2.21. The average molecular weight is 697 g/mol. The molecule has 0 aliphatic heterocycles. The van der Waals surface area contributed by atoms with Crippen LogP contribution in [-0.4, -0.2) is 19.5 Å². The Morgan fingerprint density at radius 1 is 0.528 bits per heavy atom. The van der Waals surface area contributed by atoms with Crippen molar-refractivity contribution in [3.05, 3.63) is 168 Å². The fraction of sp³-hybridized carbons (Fsp3) is 0.0625. The molecule has 0 bridgehead atoms. The lowest BCUT2D eigenvalue weighted by molar-refractivity contribution is 0.661. The maximum absolute atomic E-state index is 9.96. The summed E-state index contributed by atoms with van der Waals surface area (Å²) in [5.41, 5.74) is -2.06. The highest BCUT2D eigenvalue weighted by atomic mass is 16.3. The zero-order valence-corrected chi connectivity index (χ0v) is 28.0. The van der Waals surface area contributed by atoms with E-state index in [1.165, 1.54) is 0 Å². The number of nitrogens with zero attached hydrogens (tertiary/aromatic N) is 4. The summed E-state index contributed by atoms with van der Waals surface area (Å²) in [6.07, 6.45) is 0. The van der Waals surface area contributed by atoms with Crippen LogP contribution in [0.5, 0.6) is 0 Å². The van der Waals surface area contributed by atoms with Gasteiger partial charge in [-0.1, -0.05) is 129 Å². The molecule has 0 saturated carbocycles. The molecule has 0 radical (unpaired) electrons. The van der Waals surface area contributed by atoms with Gasteiger partial charge in [-0.2, -0.15) is 0 Å². The van der Waals surface area contributed by atoms with Crippen LogP contribution in [0.1, 0.15) is 46.9 Å². The van der Waals surface area contributed by atoms with E-state index in [0.717, 1.165) is 4.57 Å². The van der Waals surface area contributed by atoms with Crippen molar-refractivity contribution in [3.8, 4) is 51.0 Å². The summed E-state index contributed by atoms with van der Waals surface area (Å²) in [6, 6.07) is 8.77. The smallest absolute Gasteiger partial charge is 0.164 e. The van der Waals surface area contributed by atoms with Crippen LogP contribution >= 0.6 is 0 Å². The van der Waals surface area contributed by atoms with Gasteiger partial charge >= 0.3 is 0 Å². The van der Waals surface area contributed by atoms with Crippen LogP contribution in [0.15, 0.2) is 162 Å². The molecule has 5 nitrogen and oxygen atoms in total. The Kier molecular flexibility index (Phi) is 3.78. The largest absolute Gasteiger partial charge is 0.456 e. The molecule has 250 valence electrons. The van der Waals surface area contributed by atoms with Crippen molar-refractivity contribution in [2.45, 2.75) is 19.3 Å². The molecule has 0 unspecified atom stereocenters. The highest BCUT2D eigenvalue weighted by molar-refractivity contribution is 6.14. The number of para-hydroxylation sites is 1. The maximum Gasteiger partial charge on any atom is 0.164 e. The minimum atomic E-state index is -1.37. The Hall–Kier alpha value is -6.85. The number of fused-ring (bicyclic) bond motifs is 9. The van der Waals surface area contributed by atoms with Gasteiger partial charge in [-0.25, -0.2) is 15.0 Å². The van der Waals surface area contributed by atoms with E-state index in [1.54, 1.807) is 62.4 Å². The predicted octanol–water partition coefficient (Wildman–Crippen LogP) is 12.2. The van der Waals surface area contributed by atoms with E-state index in [4.69, 9.17) is 30.3 Å². The molecule has 1 aliphatic rings. The Morgan fingerprint density at radius 3 is 1.98 bits per heavy atom. The predicted molar refractivity (Wildman–Crippen MR) is 215 cm³/mol. The third kappa shape index (κ3) is 4.40. The second kappa shape index (κ2) is 11.1. The van der Waals surface area contributed by atoms with Crippen molar-refractivity contribution in [1.82, 2.24) is 19.5 Å². The maximum atomic E-state index is 9.96. The van der Waals surface area contributed by atoms with E-state index >= 15 is 0 Å². The molecule has 7 aromatic carbocycles. The van der Waals surface area contributed by atoms with Crippen LogP contribution in [0.4, 0.5) is 0 Å². The molecule has 0 fully saturated rings. The van der Waals surface area contributed by atoms with Crippen molar-refractivity contribution >= 4 is 43.7 Å². The van der Waals surface area contributed by atoms with Gasteiger partial charge in [-0.05, 0) is 58.5 Å². The highest BCUT2D eigenvalue weighted by Gasteiger charge is 2.36. The van der Waals surface area contributed by atoms with Crippen LogP contribution in [0.3, 0.4) is 0 Å². The summed E-state index contributed by atoms with van der Waals surface area (Å²) >= 11 is 0. The lowest BCUT2D eigenvalue weighted by atomic mass is 9.82. The molecule has 1 aliphatic carbocycles. The molecule has 3 heterocycles. The van der Waals surface area contributed by atoms with E-state index in [1.807, 2.05) is 12.1 Å². The summed E-state index contributed by atoms with van der Waals surface area (Å²) in [5, 5.41) is -0.834. The minimum absolute atomic E-state index is 0.0304. The van der Waals surface area contributed by atoms with Gasteiger partial charge in [-0.15, -0.1) is 0 Å². The number of hydrogen-bond donors (Lipinski definition) is 0. The van der Waals surface area contributed by atoms with E-state index in [2.05, 4.69) is 0 Å². The Labute approximate surface area is 328 Å². The Balaban J connectivity index is 1.29. The summed E-state index contributed by atoms with van der Waals surface area (Å²) in [4.78, 5) is 14.2. The zero-order chi connectivity index (χ0) is 49.2. The summed E-state index contributed by atoms with van der Waals surface area (Å²) in [6.45, 7) is 3.27. The fourth-order valence-corrected chi connectivity index (χ4v) is 7.22. The number of rotatable bonds is 4. The van der Waals surface area contributed by atoms with Crippen LogP contribution < -0.4 is 0 Å². The topological polar surface area (TPSA) is 56.7 Å². The molecule has 0 spiro atoms. The molecule has 0 amide bonds. The summed E-state index contributed by atoms with van der Waals surface area (Å²) in [5.74, 6) is 0.266. The van der Waals surface area contributed by atoms with Gasteiger partial charge in [0, 0.05) is 55.4 Å². The number of hydrogen-bond acceptors (Lipinski definition) is 4. The van der Waals surface area contributed by atoms with Crippen LogP contribution in [0.2, 0.25) is 0 Å². The zero-order valence-electron chi connectivity index (χ0n) is 44.0. The molecule has 5 heteroatoms. The SMILES string of the molecule is [2H]c1c([2H])c([2H])c2c(c1[2H])-c1c(c([2H])c3c(c1[2H])c1c([2H])c([2H])c([2H])c([2H])c1n3-c1c([2H])c([2H])c3c(oc4c([2H])c([2H])c([2H])c(-c5nc(-c6ccccc6)nc(-c6ccccc6)n5)c43)c1[2H])C2(C)C. The molecule has 10 aromatic rings. The highest BCUT2D eigenvalue weighted by Crippen LogP contribution is 2.51. The first kappa shape index (κ1) is 18.1. The normalized spacial score (nSPS) is 17.5. The van der Waals surface area contributed by atoms with Gasteiger partial charge in [0.05, 0.1) is 33.0 Å². The van der Waals surface area contributed by atoms with E-state index < -0.39 is 107 Å². The summed E-state index contributed by atoms with van der Waals surface area (Å²) in [7, 11) is 0. The molecule has 0 atom stereocenters. The number of benzene rings is 7. The van der Waals surface area contributed by atoms with Crippen LogP contribution in [0.25, 0.3) is 94.7 Å². The second-order valence-corrected chi connectivity index (χ2v) is 13.2. The molecule has 11 rings (SSSR count). The molecular formula is C48H32N4O.